The van der Waals surface area contributed by atoms with E-state index >= 15 is 0 Å². The summed E-state index contributed by atoms with van der Waals surface area (Å²) in [5, 5.41) is 18.9. The van der Waals surface area contributed by atoms with Gasteiger partial charge in [0, 0.05) is 18.7 Å². The first-order valence-corrected chi connectivity index (χ1v) is 7.28. The molecular weight excluding hydrogens is 294 g/mol. The fourth-order valence-corrected chi connectivity index (χ4v) is 2.86. The molecule has 1 heterocycles. The van der Waals surface area contributed by atoms with E-state index in [4.69, 9.17) is 11.6 Å². The molecule has 0 aliphatic carbocycles. The van der Waals surface area contributed by atoms with Crippen LogP contribution < -0.4 is 0 Å². The minimum Gasteiger partial charge on any atom is -0.506 e. The number of piperidine rings is 1. The van der Waals surface area contributed by atoms with Crippen molar-refractivity contribution in [2.45, 2.75) is 26.2 Å². The molecule has 21 heavy (non-hydrogen) atoms. The zero-order valence-electron chi connectivity index (χ0n) is 11.8. The summed E-state index contributed by atoms with van der Waals surface area (Å²) in [6.45, 7) is 2.69. The normalized spacial score (nSPS) is 17.5. The van der Waals surface area contributed by atoms with E-state index < -0.39 is 11.4 Å². The van der Waals surface area contributed by atoms with Crippen molar-refractivity contribution in [1.82, 2.24) is 4.90 Å². The monoisotopic (exact) mass is 311 g/mol. The van der Waals surface area contributed by atoms with Gasteiger partial charge in [-0.15, -0.1) is 0 Å². The number of carbonyl (C=O) groups is 2. The minimum atomic E-state index is -0.787. The fraction of sp³-hybridized carbons (Fsp3) is 0.467. The van der Waals surface area contributed by atoms with Crippen LogP contribution in [0.15, 0.2) is 18.2 Å². The van der Waals surface area contributed by atoms with Crippen molar-refractivity contribution in [3.63, 3.8) is 0 Å². The number of halogens is 1. The van der Waals surface area contributed by atoms with Crippen LogP contribution in [0.5, 0.6) is 5.75 Å². The average Bonchev–Trinajstić information content (AvgIpc) is 2.49. The molecule has 0 spiro atoms. The molecule has 0 unspecified atom stereocenters. The van der Waals surface area contributed by atoms with E-state index in [-0.39, 0.29) is 16.7 Å². The van der Waals surface area contributed by atoms with Crippen LogP contribution in [0, 0.1) is 5.41 Å². The Labute approximate surface area is 128 Å². The quantitative estimate of drug-likeness (QED) is 0.899. The van der Waals surface area contributed by atoms with Gasteiger partial charge in [-0.25, -0.2) is 0 Å². The van der Waals surface area contributed by atoms with Gasteiger partial charge in [0.15, 0.2) is 0 Å². The highest BCUT2D eigenvalue weighted by Crippen LogP contribution is 2.35. The van der Waals surface area contributed by atoms with Gasteiger partial charge in [-0.05, 0) is 37.5 Å². The van der Waals surface area contributed by atoms with E-state index in [1.807, 2.05) is 6.92 Å². The second-order valence-electron chi connectivity index (χ2n) is 5.40. The largest absolute Gasteiger partial charge is 0.506 e. The van der Waals surface area contributed by atoms with Crippen molar-refractivity contribution in [2.24, 2.45) is 5.41 Å². The van der Waals surface area contributed by atoms with Crippen LogP contribution in [0.25, 0.3) is 0 Å². The number of hydrogen-bond acceptors (Lipinski definition) is 3. The van der Waals surface area contributed by atoms with Crippen molar-refractivity contribution in [3.8, 4) is 5.75 Å². The smallest absolute Gasteiger partial charge is 0.309 e. The number of hydrogen-bond donors (Lipinski definition) is 2. The molecular formula is C15H18ClNO4. The minimum absolute atomic E-state index is 0.0669. The zero-order chi connectivity index (χ0) is 15.6. The Kier molecular flexibility index (Phi) is 4.42. The SMILES string of the molecule is CCC1(C(=O)O)CCN(C(=O)c2ccc(O)c(Cl)c2)CC1. The Morgan fingerprint density at radius 1 is 1.33 bits per heavy atom. The van der Waals surface area contributed by atoms with Crippen LogP contribution in [0.3, 0.4) is 0 Å². The Bertz CT molecular complexity index is 565. The molecule has 1 aliphatic rings. The predicted molar refractivity (Wildman–Crippen MR) is 78.6 cm³/mol. The molecule has 1 aromatic rings. The molecule has 0 atom stereocenters. The van der Waals surface area contributed by atoms with Crippen molar-refractivity contribution in [3.05, 3.63) is 28.8 Å². The molecule has 2 N–H and O–H groups in total. The van der Waals surface area contributed by atoms with Gasteiger partial charge in [0.2, 0.25) is 0 Å². The number of benzene rings is 1. The second kappa shape index (κ2) is 5.93. The van der Waals surface area contributed by atoms with Gasteiger partial charge in [-0.1, -0.05) is 18.5 Å². The third-order valence-electron chi connectivity index (χ3n) is 4.33. The third-order valence-corrected chi connectivity index (χ3v) is 4.64. The molecule has 0 aromatic heterocycles. The Morgan fingerprint density at radius 3 is 2.43 bits per heavy atom. The molecule has 1 aromatic carbocycles. The lowest BCUT2D eigenvalue weighted by atomic mass is 9.76. The van der Waals surface area contributed by atoms with Crippen molar-refractivity contribution in [2.75, 3.05) is 13.1 Å². The van der Waals surface area contributed by atoms with Crippen LogP contribution in [0.1, 0.15) is 36.5 Å². The number of carboxylic acids is 1. The first-order valence-electron chi connectivity index (χ1n) is 6.91. The lowest BCUT2D eigenvalue weighted by Crippen LogP contribution is -2.46. The van der Waals surface area contributed by atoms with Crippen LogP contribution in [0.2, 0.25) is 5.02 Å². The summed E-state index contributed by atoms with van der Waals surface area (Å²) in [4.78, 5) is 25.4. The van der Waals surface area contributed by atoms with Crippen molar-refractivity contribution in [1.29, 1.82) is 0 Å². The van der Waals surface area contributed by atoms with Gasteiger partial charge in [0.1, 0.15) is 5.75 Å². The summed E-state index contributed by atoms with van der Waals surface area (Å²) in [6.07, 6.45) is 1.47. The molecule has 0 radical (unpaired) electrons. The number of amides is 1. The number of carbonyl (C=O) groups excluding carboxylic acids is 1. The highest BCUT2D eigenvalue weighted by molar-refractivity contribution is 6.32. The number of nitrogens with zero attached hydrogens (tertiary/aromatic N) is 1. The highest BCUT2D eigenvalue weighted by Gasteiger charge is 2.40. The van der Waals surface area contributed by atoms with Gasteiger partial charge >= 0.3 is 5.97 Å². The maximum absolute atomic E-state index is 12.4. The van der Waals surface area contributed by atoms with Gasteiger partial charge in [-0.3, -0.25) is 9.59 Å². The first-order chi connectivity index (χ1) is 9.89. The third kappa shape index (κ3) is 2.97. The summed E-state index contributed by atoms with van der Waals surface area (Å²) in [7, 11) is 0. The van der Waals surface area contributed by atoms with Gasteiger partial charge in [0.05, 0.1) is 10.4 Å². The molecule has 1 fully saturated rings. The zero-order valence-corrected chi connectivity index (χ0v) is 12.6. The van der Waals surface area contributed by atoms with E-state index in [0.29, 0.717) is 37.9 Å². The molecule has 5 nitrogen and oxygen atoms in total. The van der Waals surface area contributed by atoms with Crippen LogP contribution in [0.4, 0.5) is 0 Å². The Balaban J connectivity index is 2.09. The van der Waals surface area contributed by atoms with Crippen molar-refractivity contribution >= 4 is 23.5 Å². The number of aromatic hydroxyl groups is 1. The van der Waals surface area contributed by atoms with Crippen LogP contribution in [-0.4, -0.2) is 40.1 Å². The predicted octanol–water partition coefficient (Wildman–Crippen LogP) is 2.76. The molecule has 6 heteroatoms. The highest BCUT2D eigenvalue weighted by atomic mass is 35.5. The van der Waals surface area contributed by atoms with Gasteiger partial charge < -0.3 is 15.1 Å². The van der Waals surface area contributed by atoms with Crippen molar-refractivity contribution < 1.29 is 19.8 Å². The summed E-state index contributed by atoms with van der Waals surface area (Å²) >= 11 is 5.81. The van der Waals surface area contributed by atoms with E-state index in [2.05, 4.69) is 0 Å². The summed E-state index contributed by atoms with van der Waals surface area (Å²) in [6, 6.07) is 4.33. The van der Waals surface area contributed by atoms with Crippen LogP contribution >= 0.6 is 11.6 Å². The van der Waals surface area contributed by atoms with Gasteiger partial charge in [-0.2, -0.15) is 0 Å². The van der Waals surface area contributed by atoms with E-state index in [9.17, 15) is 19.8 Å². The fourth-order valence-electron chi connectivity index (χ4n) is 2.68. The lowest BCUT2D eigenvalue weighted by molar-refractivity contribution is -0.152. The Morgan fingerprint density at radius 2 is 1.95 bits per heavy atom. The molecule has 114 valence electrons. The number of rotatable bonds is 3. The second-order valence-corrected chi connectivity index (χ2v) is 5.80. The molecule has 1 aliphatic heterocycles. The van der Waals surface area contributed by atoms with E-state index in [1.165, 1.54) is 18.2 Å². The number of aliphatic carboxylic acids is 1. The molecule has 2 rings (SSSR count). The molecule has 1 amide bonds. The maximum Gasteiger partial charge on any atom is 0.309 e. The summed E-state index contributed by atoms with van der Waals surface area (Å²) < 4.78 is 0. The molecule has 0 bridgehead atoms. The number of likely N-dealkylation sites (tertiary alicyclic amines) is 1. The number of phenolic OH excluding ortho intramolecular Hbond substituents is 1. The molecule has 1 saturated heterocycles. The number of phenols is 1. The topological polar surface area (TPSA) is 77.8 Å². The Hall–Kier alpha value is -1.75. The standard InChI is InChI=1S/C15H18ClNO4/c1-2-15(14(20)21)5-7-17(8-6-15)13(19)10-3-4-12(18)11(16)9-10/h3-4,9,18H,2,5-8H2,1H3,(H,20,21). The van der Waals surface area contributed by atoms with Gasteiger partial charge in [0.25, 0.3) is 5.91 Å². The van der Waals surface area contributed by atoms with E-state index in [1.54, 1.807) is 4.90 Å². The summed E-state index contributed by atoms with van der Waals surface area (Å²) in [5.74, 6) is -1.04. The first kappa shape index (κ1) is 15.6. The maximum atomic E-state index is 12.4. The van der Waals surface area contributed by atoms with Crippen LogP contribution in [-0.2, 0) is 4.79 Å². The van der Waals surface area contributed by atoms with E-state index in [0.717, 1.165) is 0 Å². The number of carboxylic acid groups (broad SMARTS) is 1. The average molecular weight is 312 g/mol. The molecule has 0 saturated carbocycles. The summed E-state index contributed by atoms with van der Waals surface area (Å²) in [5.41, 5.74) is -0.319. The lowest BCUT2D eigenvalue weighted by Gasteiger charge is -2.38.